The summed E-state index contributed by atoms with van der Waals surface area (Å²) in [6.45, 7) is 4.02. The monoisotopic (exact) mass is 1030 g/mol. The molecule has 0 radical (unpaired) electrons. The molecule has 404 valence electrons. The number of fused-ring (bicyclic) bond motifs is 2. The third kappa shape index (κ3) is 13.4. The zero-order valence-corrected chi connectivity index (χ0v) is 45.9. The fourth-order valence-electron chi connectivity index (χ4n) is 10.8. The van der Waals surface area contributed by atoms with E-state index in [4.69, 9.17) is 56.8 Å². The summed E-state index contributed by atoms with van der Waals surface area (Å²) in [6.07, 6.45) is 9.94. The van der Waals surface area contributed by atoms with Crippen molar-refractivity contribution in [2.75, 3.05) is 125 Å². The van der Waals surface area contributed by atoms with Crippen LogP contribution in [0.3, 0.4) is 0 Å². The first-order valence-corrected chi connectivity index (χ1v) is 25.5. The molecule has 16 heteroatoms. The highest BCUT2D eigenvalue weighted by molar-refractivity contribution is 5.70. The topological polar surface area (TPSA) is 145 Å². The van der Waals surface area contributed by atoms with Crippen LogP contribution in [0.15, 0.2) is 60.7 Å². The molecule has 2 aliphatic heterocycles. The molecule has 6 rings (SSSR count). The quantitative estimate of drug-likeness (QED) is 0.0231. The first kappa shape index (κ1) is 56.8. The largest absolute Gasteiger partial charge is 0.493 e. The van der Waals surface area contributed by atoms with Crippen LogP contribution < -0.4 is 47.4 Å². The number of likely N-dealkylation sites (N-methyl/N-ethyl adjacent to an activating group) is 2. The molecule has 0 spiro atoms. The number of esters is 2. The lowest BCUT2D eigenvalue weighted by molar-refractivity contribution is -0.941. The molecule has 0 aromatic heterocycles. The van der Waals surface area contributed by atoms with Crippen molar-refractivity contribution >= 4 is 11.9 Å². The van der Waals surface area contributed by atoms with E-state index in [0.717, 1.165) is 59.1 Å². The van der Waals surface area contributed by atoms with Gasteiger partial charge in [-0.05, 0) is 83.6 Å². The fraction of sp³-hybridized carbons (Fsp3) is 0.517. The van der Waals surface area contributed by atoms with Gasteiger partial charge in [-0.3, -0.25) is 9.59 Å². The lowest BCUT2D eigenvalue weighted by atomic mass is 9.86. The van der Waals surface area contributed by atoms with Crippen molar-refractivity contribution in [1.29, 1.82) is 0 Å². The molecular weight excluding hydrogens is 949 g/mol. The average molecular weight is 1030 g/mol. The van der Waals surface area contributed by atoms with Gasteiger partial charge in [0.05, 0.1) is 125 Å². The Morgan fingerprint density at radius 2 is 0.784 bits per heavy atom. The molecule has 74 heavy (non-hydrogen) atoms. The lowest BCUT2D eigenvalue weighted by Gasteiger charge is -2.46. The molecule has 0 saturated heterocycles. The van der Waals surface area contributed by atoms with Gasteiger partial charge in [-0.25, -0.2) is 0 Å². The van der Waals surface area contributed by atoms with Crippen LogP contribution in [0.1, 0.15) is 84.0 Å². The van der Waals surface area contributed by atoms with Gasteiger partial charge in [0.25, 0.3) is 0 Å². The maximum atomic E-state index is 12.9. The van der Waals surface area contributed by atoms with Crippen molar-refractivity contribution in [2.24, 2.45) is 0 Å². The first-order chi connectivity index (χ1) is 35.7. The number of carbonyl (C=O) groups is 2. The Morgan fingerprint density at radius 1 is 0.459 bits per heavy atom. The molecule has 0 saturated carbocycles. The van der Waals surface area contributed by atoms with Gasteiger partial charge in [-0.1, -0.05) is 12.2 Å². The van der Waals surface area contributed by atoms with Crippen molar-refractivity contribution in [3.8, 4) is 57.5 Å². The molecule has 0 fully saturated rings. The zero-order chi connectivity index (χ0) is 53.4. The van der Waals surface area contributed by atoms with Crippen molar-refractivity contribution in [2.45, 2.75) is 76.3 Å². The van der Waals surface area contributed by atoms with E-state index in [0.29, 0.717) is 109 Å². The third-order valence-corrected chi connectivity index (χ3v) is 15.0. The highest BCUT2D eigenvalue weighted by Crippen LogP contribution is 2.47. The number of hydrogen-bond donors (Lipinski definition) is 0. The minimum Gasteiger partial charge on any atom is -0.493 e. The predicted octanol–water partition coefficient (Wildman–Crippen LogP) is 9.03. The molecule has 0 N–H and O–H groups in total. The van der Waals surface area contributed by atoms with Gasteiger partial charge in [-0.15, -0.1) is 0 Å². The van der Waals surface area contributed by atoms with Crippen molar-refractivity contribution < 1.29 is 75.4 Å². The van der Waals surface area contributed by atoms with Crippen LogP contribution in [0.4, 0.5) is 0 Å². The molecule has 4 aromatic rings. The highest BCUT2D eigenvalue weighted by atomic mass is 16.6. The van der Waals surface area contributed by atoms with E-state index in [-0.39, 0.29) is 36.9 Å². The van der Waals surface area contributed by atoms with E-state index in [1.165, 1.54) is 22.3 Å². The summed E-state index contributed by atoms with van der Waals surface area (Å²) in [7, 11) is 20.9. The minimum atomic E-state index is -0.246. The number of benzene rings is 4. The molecule has 2 heterocycles. The summed E-state index contributed by atoms with van der Waals surface area (Å²) in [5, 5.41) is 0. The molecule has 4 aromatic carbocycles. The summed E-state index contributed by atoms with van der Waals surface area (Å²) in [4.78, 5) is 25.7. The number of allylic oxidation sites excluding steroid dienone is 2. The third-order valence-electron chi connectivity index (χ3n) is 15.0. The molecular formula is C58H80N2O14+2. The van der Waals surface area contributed by atoms with Crippen LogP contribution in [0.5, 0.6) is 57.5 Å². The molecule has 0 bridgehead atoms. The smallest absolute Gasteiger partial charge is 0.306 e. The van der Waals surface area contributed by atoms with Crippen LogP contribution in [0.2, 0.25) is 0 Å². The summed E-state index contributed by atoms with van der Waals surface area (Å²) in [5.74, 6) is 5.81. The van der Waals surface area contributed by atoms with Gasteiger partial charge in [-0.2, -0.15) is 0 Å². The van der Waals surface area contributed by atoms with Crippen LogP contribution in [0, 0.1) is 0 Å². The first-order valence-electron chi connectivity index (χ1n) is 25.5. The van der Waals surface area contributed by atoms with Crippen molar-refractivity contribution in [3.05, 3.63) is 94.1 Å². The molecule has 2 aliphatic rings. The van der Waals surface area contributed by atoms with E-state index >= 15 is 0 Å². The molecule has 0 aliphatic carbocycles. The Morgan fingerprint density at radius 3 is 1.09 bits per heavy atom. The van der Waals surface area contributed by atoms with E-state index in [1.807, 2.05) is 36.4 Å². The van der Waals surface area contributed by atoms with Crippen LogP contribution in [0.25, 0.3) is 0 Å². The standard InChI is InChI=1S/C58H80N2O14/c1-59(25-21-41-35-47(63-3)49(65-5)37-43(41)45(59)29-39-31-51(67-7)57(71-11)52(32-39)68-8)23-17-27-73-55(61)19-15-13-14-16-20-56(62)74-28-18-24-60(2)26-22-42-36-48(64-4)50(66-6)38-44(42)46(60)30-40-33-53(69-9)58(72-12)54(34-40)70-10/h13-14,31-38,45-46H,15-30H2,1-12H3/q+2/b14-13+/t45-,46-,59-,60-/m1/s1. The number of nitrogens with zero attached hydrogens (tertiary/aromatic N) is 2. The Labute approximate surface area is 438 Å². The van der Waals surface area contributed by atoms with Gasteiger partial charge in [0.1, 0.15) is 12.1 Å². The Bertz CT molecular complexity index is 2340. The van der Waals surface area contributed by atoms with Gasteiger partial charge in [0.15, 0.2) is 46.0 Å². The van der Waals surface area contributed by atoms with Crippen LogP contribution in [-0.2, 0) is 44.7 Å². The van der Waals surface area contributed by atoms with Gasteiger partial charge >= 0.3 is 11.9 Å². The van der Waals surface area contributed by atoms with Gasteiger partial charge in [0, 0.05) is 62.5 Å². The number of quaternary nitrogens is 2. The van der Waals surface area contributed by atoms with Gasteiger partial charge < -0.3 is 65.8 Å². The molecule has 16 nitrogen and oxygen atoms in total. The normalized spacial score (nSPS) is 18.9. The maximum Gasteiger partial charge on any atom is 0.306 e. The SMILES string of the molecule is COc1cc2c(cc1OC)[C@@H](Cc1cc(OC)c(OC)c(OC)c1)[N@+](C)(CCCOC(=O)CC/C=C/CCC(=O)OCCC[N@+]1(C)CCc3cc(OC)c(OC)cc3[C@H]1Cc1cc(OC)c(OC)c(OC)c1)CC2. The summed E-state index contributed by atoms with van der Waals surface area (Å²) in [6, 6.07) is 16.5. The zero-order valence-electron chi connectivity index (χ0n) is 45.9. The lowest BCUT2D eigenvalue weighted by Crippen LogP contribution is -2.52. The van der Waals surface area contributed by atoms with Crippen LogP contribution in [-0.4, -0.2) is 145 Å². The number of carbonyl (C=O) groups excluding carboxylic acids is 2. The van der Waals surface area contributed by atoms with Crippen molar-refractivity contribution in [1.82, 2.24) is 0 Å². The second-order valence-corrected chi connectivity index (χ2v) is 19.4. The molecule has 0 amide bonds. The summed E-state index contributed by atoms with van der Waals surface area (Å²) in [5.41, 5.74) is 6.93. The number of rotatable bonds is 28. The number of methoxy groups -OCH3 is 10. The van der Waals surface area contributed by atoms with Crippen LogP contribution >= 0.6 is 0 Å². The van der Waals surface area contributed by atoms with E-state index in [1.54, 1.807) is 71.1 Å². The van der Waals surface area contributed by atoms with E-state index in [9.17, 15) is 9.59 Å². The summed E-state index contributed by atoms with van der Waals surface area (Å²) >= 11 is 0. The number of hydrogen-bond acceptors (Lipinski definition) is 14. The van der Waals surface area contributed by atoms with Crippen molar-refractivity contribution in [3.63, 3.8) is 0 Å². The van der Waals surface area contributed by atoms with E-state index in [2.05, 4.69) is 38.4 Å². The fourth-order valence-corrected chi connectivity index (χ4v) is 10.8. The second kappa shape index (κ2) is 26.6. The Hall–Kier alpha value is -6.52. The van der Waals surface area contributed by atoms with E-state index < -0.39 is 0 Å². The second-order valence-electron chi connectivity index (χ2n) is 19.4. The number of ether oxygens (including phenoxy) is 12. The average Bonchev–Trinajstić information content (AvgIpc) is 3.42. The Kier molecular flexibility index (Phi) is 20.4. The predicted molar refractivity (Wildman–Crippen MR) is 282 cm³/mol. The Balaban J connectivity index is 0.967. The minimum absolute atomic E-state index is 0.0551. The maximum absolute atomic E-state index is 12.9. The molecule has 0 unspecified atom stereocenters. The molecule has 4 atom stereocenters. The summed E-state index contributed by atoms with van der Waals surface area (Å²) < 4.78 is 69.8. The highest BCUT2D eigenvalue weighted by Gasteiger charge is 2.42. The van der Waals surface area contributed by atoms with Gasteiger partial charge in [0.2, 0.25) is 11.5 Å².